The van der Waals surface area contributed by atoms with Crippen molar-refractivity contribution in [3.63, 3.8) is 0 Å². The van der Waals surface area contributed by atoms with Gasteiger partial charge in [-0.15, -0.1) is 11.3 Å². The van der Waals surface area contributed by atoms with Crippen molar-refractivity contribution in [1.82, 2.24) is 10.3 Å². The Bertz CT molecular complexity index is 348. The minimum absolute atomic E-state index is 0.148. The molecule has 2 amide bonds. The lowest BCUT2D eigenvalue weighted by Gasteiger charge is -1.99. The van der Waals surface area contributed by atoms with Gasteiger partial charge in [0.15, 0.2) is 0 Å². The molecule has 0 saturated carbocycles. The summed E-state index contributed by atoms with van der Waals surface area (Å²) in [5.41, 5.74) is 5.30. The first-order valence-electron chi connectivity index (χ1n) is 4.08. The van der Waals surface area contributed by atoms with E-state index in [1.807, 2.05) is 6.92 Å². The molecule has 1 heterocycles. The highest BCUT2D eigenvalue weighted by atomic mass is 32.1. The third kappa shape index (κ3) is 3.14. The fourth-order valence-corrected chi connectivity index (χ4v) is 1.45. The van der Waals surface area contributed by atoms with E-state index in [9.17, 15) is 9.59 Å². The highest BCUT2D eigenvalue weighted by Crippen LogP contribution is 2.07. The third-order valence-corrected chi connectivity index (χ3v) is 2.28. The maximum atomic E-state index is 11.3. The van der Waals surface area contributed by atoms with Crippen molar-refractivity contribution in [1.29, 1.82) is 0 Å². The molecular weight excluding hydrogens is 202 g/mol. The highest BCUT2D eigenvalue weighted by Gasteiger charge is 2.08. The molecule has 0 saturated heterocycles. The fraction of sp³-hybridized carbons (Fsp3) is 0.375. The second-order valence-electron chi connectivity index (χ2n) is 2.72. The molecule has 0 unspecified atom stereocenters. The van der Waals surface area contributed by atoms with E-state index in [0.29, 0.717) is 5.69 Å². The van der Waals surface area contributed by atoms with E-state index in [1.54, 1.807) is 5.38 Å². The van der Waals surface area contributed by atoms with Gasteiger partial charge >= 0.3 is 0 Å². The molecule has 1 aromatic rings. The normalized spacial score (nSPS) is 9.79. The molecule has 76 valence electrons. The monoisotopic (exact) mass is 213 g/mol. The van der Waals surface area contributed by atoms with Gasteiger partial charge < -0.3 is 11.1 Å². The van der Waals surface area contributed by atoms with Crippen LogP contribution >= 0.6 is 11.3 Å². The lowest BCUT2D eigenvalue weighted by Crippen LogP contribution is -2.28. The van der Waals surface area contributed by atoms with Gasteiger partial charge in [0.05, 0.1) is 5.01 Å². The first-order valence-corrected chi connectivity index (χ1v) is 4.96. The van der Waals surface area contributed by atoms with Crippen molar-refractivity contribution in [3.8, 4) is 0 Å². The Balaban J connectivity index is 2.39. The summed E-state index contributed by atoms with van der Waals surface area (Å²) in [6.45, 7) is 2.08. The minimum atomic E-state index is -0.431. The number of hydrogen-bond acceptors (Lipinski definition) is 4. The van der Waals surface area contributed by atoms with Crippen molar-refractivity contribution in [3.05, 3.63) is 16.1 Å². The Labute approximate surface area is 85.3 Å². The smallest absolute Gasteiger partial charge is 0.270 e. The van der Waals surface area contributed by atoms with Gasteiger partial charge in [-0.05, 0) is 6.92 Å². The minimum Gasteiger partial charge on any atom is -0.370 e. The fourth-order valence-electron chi connectivity index (χ4n) is 0.858. The second kappa shape index (κ2) is 4.71. The van der Waals surface area contributed by atoms with Crippen molar-refractivity contribution in [2.45, 2.75) is 13.3 Å². The molecule has 0 radical (unpaired) electrons. The average Bonchev–Trinajstić information content (AvgIpc) is 2.51. The number of nitrogens with two attached hydrogens (primary N) is 1. The Morgan fingerprint density at radius 3 is 2.86 bits per heavy atom. The van der Waals surface area contributed by atoms with E-state index in [1.165, 1.54) is 11.3 Å². The molecule has 0 aliphatic carbocycles. The summed E-state index contributed by atoms with van der Waals surface area (Å²) in [4.78, 5) is 25.7. The molecule has 14 heavy (non-hydrogen) atoms. The molecule has 0 spiro atoms. The van der Waals surface area contributed by atoms with Crippen LogP contribution in [0.5, 0.6) is 0 Å². The predicted octanol–water partition coefficient (Wildman–Crippen LogP) is 0.0567. The van der Waals surface area contributed by atoms with Crippen LogP contribution < -0.4 is 11.1 Å². The Hall–Kier alpha value is -1.43. The molecular formula is C8H11N3O2S. The zero-order chi connectivity index (χ0) is 10.6. The number of aryl methyl sites for hydroxylation is 1. The number of carbonyl (C=O) groups excluding carboxylic acids is 2. The van der Waals surface area contributed by atoms with Gasteiger partial charge in [-0.25, -0.2) is 4.98 Å². The summed E-state index contributed by atoms with van der Waals surface area (Å²) >= 11 is 1.41. The zero-order valence-electron chi connectivity index (χ0n) is 7.74. The molecule has 6 heteroatoms. The van der Waals surface area contributed by atoms with Crippen LogP contribution in [0.3, 0.4) is 0 Å². The molecule has 0 atom stereocenters. The van der Waals surface area contributed by atoms with Gasteiger partial charge in [-0.2, -0.15) is 0 Å². The standard InChI is InChI=1S/C8H11N3O2S/c1-5-11-6(4-14-5)8(13)10-3-2-7(9)12/h4H,2-3H2,1H3,(H2,9,12)(H,10,13). The second-order valence-corrected chi connectivity index (χ2v) is 3.79. The largest absolute Gasteiger partial charge is 0.370 e. The predicted molar refractivity (Wildman–Crippen MR) is 53.0 cm³/mol. The van der Waals surface area contributed by atoms with Crippen LogP contribution in [0.25, 0.3) is 0 Å². The molecule has 1 rings (SSSR count). The first kappa shape index (κ1) is 10.6. The number of nitrogens with one attached hydrogen (secondary N) is 1. The molecule has 5 nitrogen and oxygen atoms in total. The quantitative estimate of drug-likeness (QED) is 0.741. The van der Waals surface area contributed by atoms with E-state index in [4.69, 9.17) is 5.73 Å². The highest BCUT2D eigenvalue weighted by molar-refractivity contribution is 7.09. The number of carbonyl (C=O) groups is 2. The van der Waals surface area contributed by atoms with Gasteiger partial charge in [0.2, 0.25) is 5.91 Å². The van der Waals surface area contributed by atoms with E-state index < -0.39 is 5.91 Å². The lowest BCUT2D eigenvalue weighted by molar-refractivity contribution is -0.117. The number of hydrogen-bond donors (Lipinski definition) is 2. The topological polar surface area (TPSA) is 85.1 Å². The summed E-state index contributed by atoms with van der Waals surface area (Å²) in [6, 6.07) is 0. The number of aromatic nitrogens is 1. The molecule has 0 aromatic carbocycles. The molecule has 0 bridgehead atoms. The summed E-state index contributed by atoms with van der Waals surface area (Å²) in [5, 5.41) is 5.06. The zero-order valence-corrected chi connectivity index (χ0v) is 8.56. The number of rotatable bonds is 4. The van der Waals surface area contributed by atoms with Crippen molar-refractivity contribution >= 4 is 23.2 Å². The number of primary amides is 1. The van der Waals surface area contributed by atoms with Crippen molar-refractivity contribution in [2.75, 3.05) is 6.54 Å². The maximum absolute atomic E-state index is 11.3. The number of amides is 2. The summed E-state index contributed by atoms with van der Waals surface area (Å²) in [5.74, 6) is -0.699. The number of nitrogens with zero attached hydrogens (tertiary/aromatic N) is 1. The summed E-state index contributed by atoms with van der Waals surface area (Å²) in [7, 11) is 0. The van der Waals surface area contributed by atoms with Crippen molar-refractivity contribution in [2.24, 2.45) is 5.73 Å². The van der Waals surface area contributed by atoms with Crippen LogP contribution in [0.4, 0.5) is 0 Å². The van der Waals surface area contributed by atoms with Crippen LogP contribution in [0.1, 0.15) is 21.9 Å². The first-order chi connectivity index (χ1) is 6.59. The van der Waals surface area contributed by atoms with Gasteiger partial charge in [0, 0.05) is 18.3 Å². The van der Waals surface area contributed by atoms with Crippen LogP contribution in [-0.2, 0) is 4.79 Å². The Morgan fingerprint density at radius 2 is 2.36 bits per heavy atom. The van der Waals surface area contributed by atoms with Crippen LogP contribution in [-0.4, -0.2) is 23.3 Å². The van der Waals surface area contributed by atoms with Gasteiger partial charge in [0.1, 0.15) is 5.69 Å². The average molecular weight is 213 g/mol. The summed E-state index contributed by atoms with van der Waals surface area (Å²) in [6.07, 6.45) is 0.148. The lowest BCUT2D eigenvalue weighted by atomic mass is 10.4. The SMILES string of the molecule is Cc1nc(C(=O)NCCC(N)=O)cs1. The van der Waals surface area contributed by atoms with Gasteiger partial charge in [-0.1, -0.05) is 0 Å². The van der Waals surface area contributed by atoms with E-state index in [0.717, 1.165) is 5.01 Å². The van der Waals surface area contributed by atoms with E-state index in [2.05, 4.69) is 10.3 Å². The Morgan fingerprint density at radius 1 is 1.64 bits per heavy atom. The van der Waals surface area contributed by atoms with Crippen LogP contribution in [0.15, 0.2) is 5.38 Å². The maximum Gasteiger partial charge on any atom is 0.270 e. The summed E-state index contributed by atoms with van der Waals surface area (Å²) < 4.78 is 0. The molecule has 0 aliphatic rings. The van der Waals surface area contributed by atoms with Gasteiger partial charge in [0.25, 0.3) is 5.91 Å². The molecule has 0 fully saturated rings. The van der Waals surface area contributed by atoms with Crippen molar-refractivity contribution < 1.29 is 9.59 Å². The number of thiazole rings is 1. The molecule has 1 aromatic heterocycles. The van der Waals surface area contributed by atoms with Crippen LogP contribution in [0, 0.1) is 6.92 Å². The third-order valence-electron chi connectivity index (χ3n) is 1.51. The molecule has 0 aliphatic heterocycles. The molecule has 3 N–H and O–H groups in total. The van der Waals surface area contributed by atoms with Gasteiger partial charge in [-0.3, -0.25) is 9.59 Å². The van der Waals surface area contributed by atoms with Crippen LogP contribution in [0.2, 0.25) is 0 Å². The van der Waals surface area contributed by atoms with E-state index >= 15 is 0 Å². The van der Waals surface area contributed by atoms with E-state index in [-0.39, 0.29) is 18.9 Å². The Kier molecular flexibility index (Phi) is 3.58.